The highest BCUT2D eigenvalue weighted by molar-refractivity contribution is 7.07. The van der Waals surface area contributed by atoms with Crippen molar-refractivity contribution in [2.24, 2.45) is 4.99 Å². The molecule has 0 fully saturated rings. The summed E-state index contributed by atoms with van der Waals surface area (Å²) in [4.78, 5) is 16.8. The largest absolute Gasteiger partial charge is 0.290 e. The molecule has 1 amide bonds. The molecule has 0 aliphatic rings. The number of nitrogens with zero attached hydrogens (tertiary/aromatic N) is 2. The van der Waals surface area contributed by atoms with E-state index in [-0.39, 0.29) is 10.6 Å². The molecule has 0 atom stereocenters. The van der Waals surface area contributed by atoms with Crippen LogP contribution in [0, 0.1) is 18.6 Å². The van der Waals surface area contributed by atoms with Crippen molar-refractivity contribution in [3.8, 4) is 5.69 Å². The van der Waals surface area contributed by atoms with Crippen molar-refractivity contribution >= 4 is 28.8 Å². The van der Waals surface area contributed by atoms with Crippen molar-refractivity contribution in [2.45, 2.75) is 6.92 Å². The van der Waals surface area contributed by atoms with E-state index >= 15 is 0 Å². The smallest absolute Gasteiger partial charge is 0.279 e. The van der Waals surface area contributed by atoms with Crippen LogP contribution in [0.2, 0.25) is 5.02 Å². The van der Waals surface area contributed by atoms with Crippen LogP contribution >= 0.6 is 22.9 Å². The van der Waals surface area contributed by atoms with Crippen molar-refractivity contribution in [1.29, 1.82) is 0 Å². The van der Waals surface area contributed by atoms with Gasteiger partial charge in [0, 0.05) is 22.3 Å². The van der Waals surface area contributed by atoms with Crippen LogP contribution in [0.25, 0.3) is 5.69 Å². The van der Waals surface area contributed by atoms with Crippen LogP contribution in [0.5, 0.6) is 0 Å². The summed E-state index contributed by atoms with van der Waals surface area (Å²) in [6, 6.07) is 9.45. The second-order valence-electron chi connectivity index (χ2n) is 5.02. The molecular weight excluding hydrogens is 354 g/mol. The highest BCUT2D eigenvalue weighted by Gasteiger charge is 2.10. The van der Waals surface area contributed by atoms with Crippen LogP contribution in [-0.2, 0) is 0 Å². The molecule has 24 heavy (non-hydrogen) atoms. The molecule has 122 valence electrons. The Kier molecular flexibility index (Phi) is 4.59. The molecule has 1 aromatic heterocycles. The summed E-state index contributed by atoms with van der Waals surface area (Å²) in [5.41, 5.74) is 1.71. The molecule has 0 spiro atoms. The van der Waals surface area contributed by atoms with Gasteiger partial charge < -0.3 is 0 Å². The van der Waals surface area contributed by atoms with Crippen molar-refractivity contribution in [1.82, 2.24) is 4.57 Å². The normalized spacial score (nSPS) is 11.8. The minimum absolute atomic E-state index is 0.0126. The first-order valence-corrected chi connectivity index (χ1v) is 8.18. The van der Waals surface area contributed by atoms with Gasteiger partial charge in [-0.25, -0.2) is 8.78 Å². The summed E-state index contributed by atoms with van der Waals surface area (Å²) in [6.07, 6.45) is 0. The Morgan fingerprint density at radius 1 is 1.17 bits per heavy atom. The molecule has 0 bridgehead atoms. The zero-order chi connectivity index (χ0) is 17.3. The van der Waals surface area contributed by atoms with Crippen LogP contribution < -0.4 is 4.80 Å². The van der Waals surface area contributed by atoms with E-state index in [1.165, 1.54) is 47.7 Å². The fourth-order valence-electron chi connectivity index (χ4n) is 2.15. The second kappa shape index (κ2) is 6.67. The fourth-order valence-corrected chi connectivity index (χ4v) is 3.20. The van der Waals surface area contributed by atoms with E-state index in [4.69, 9.17) is 11.6 Å². The Bertz CT molecular complexity index is 977. The quantitative estimate of drug-likeness (QED) is 0.658. The minimum atomic E-state index is -0.519. The van der Waals surface area contributed by atoms with Crippen molar-refractivity contribution in [3.05, 3.63) is 80.6 Å². The Hall–Kier alpha value is -2.31. The van der Waals surface area contributed by atoms with Gasteiger partial charge in [0.1, 0.15) is 11.6 Å². The number of halogens is 3. The lowest BCUT2D eigenvalue weighted by Crippen LogP contribution is -2.16. The van der Waals surface area contributed by atoms with Crippen LogP contribution in [0.4, 0.5) is 8.78 Å². The summed E-state index contributed by atoms with van der Waals surface area (Å²) in [5, 5.41) is 1.81. The lowest BCUT2D eigenvalue weighted by atomic mass is 10.2. The van der Waals surface area contributed by atoms with E-state index in [2.05, 4.69) is 4.99 Å². The number of thiazole rings is 1. The maximum absolute atomic E-state index is 13.4. The number of amides is 1. The zero-order valence-corrected chi connectivity index (χ0v) is 14.0. The van der Waals surface area contributed by atoms with Gasteiger partial charge in [0.2, 0.25) is 0 Å². The van der Waals surface area contributed by atoms with Gasteiger partial charge in [-0.3, -0.25) is 9.36 Å². The van der Waals surface area contributed by atoms with E-state index < -0.39 is 17.5 Å². The molecule has 7 heteroatoms. The van der Waals surface area contributed by atoms with Crippen LogP contribution in [-0.4, -0.2) is 10.5 Å². The third-order valence-corrected chi connectivity index (χ3v) is 4.56. The minimum Gasteiger partial charge on any atom is -0.290 e. The second-order valence-corrected chi connectivity index (χ2v) is 6.26. The van der Waals surface area contributed by atoms with Crippen molar-refractivity contribution < 1.29 is 13.6 Å². The molecule has 0 N–H and O–H groups in total. The highest BCUT2D eigenvalue weighted by Crippen LogP contribution is 2.19. The summed E-state index contributed by atoms with van der Waals surface area (Å²) < 4.78 is 28.0. The van der Waals surface area contributed by atoms with Crippen molar-refractivity contribution in [2.75, 3.05) is 0 Å². The molecule has 0 radical (unpaired) electrons. The summed E-state index contributed by atoms with van der Waals surface area (Å²) in [7, 11) is 0. The molecular formula is C17H11ClF2N2OS. The van der Waals surface area contributed by atoms with Gasteiger partial charge in [-0.2, -0.15) is 4.99 Å². The van der Waals surface area contributed by atoms with Gasteiger partial charge in [0.25, 0.3) is 5.91 Å². The Labute approximate surface area is 145 Å². The molecule has 0 aliphatic carbocycles. The summed E-state index contributed by atoms with van der Waals surface area (Å²) in [6.45, 7) is 1.84. The number of hydrogen-bond donors (Lipinski definition) is 0. The monoisotopic (exact) mass is 364 g/mol. The number of rotatable bonds is 2. The third kappa shape index (κ3) is 3.29. The summed E-state index contributed by atoms with van der Waals surface area (Å²) in [5.74, 6) is -1.43. The van der Waals surface area contributed by atoms with E-state index in [9.17, 15) is 13.6 Å². The molecule has 0 aliphatic heterocycles. The van der Waals surface area contributed by atoms with Gasteiger partial charge >= 0.3 is 0 Å². The van der Waals surface area contributed by atoms with Crippen molar-refractivity contribution in [3.63, 3.8) is 0 Å². The molecule has 3 nitrogen and oxygen atoms in total. The predicted molar refractivity (Wildman–Crippen MR) is 89.6 cm³/mol. The van der Waals surface area contributed by atoms with E-state index in [0.29, 0.717) is 10.5 Å². The molecule has 3 rings (SSSR count). The molecule has 0 saturated heterocycles. The lowest BCUT2D eigenvalue weighted by molar-refractivity contribution is 0.0998. The fraction of sp³-hybridized carbons (Fsp3) is 0.0588. The maximum atomic E-state index is 13.4. The standard InChI is InChI=1S/C17H11ClF2N2OS/c1-10-9-24-17(21-16(23)11-2-4-12(19)5-3-11)22(10)13-6-7-15(20)14(18)8-13/h2-9H,1H3. The Morgan fingerprint density at radius 3 is 2.54 bits per heavy atom. The molecule has 3 aromatic rings. The SMILES string of the molecule is Cc1csc(=NC(=O)c2ccc(F)cc2)n1-c1ccc(F)c(Cl)c1. The van der Waals surface area contributed by atoms with E-state index in [0.717, 1.165) is 5.69 Å². The zero-order valence-electron chi connectivity index (χ0n) is 12.5. The number of aryl methyl sites for hydroxylation is 1. The average Bonchev–Trinajstić information content (AvgIpc) is 2.91. The predicted octanol–water partition coefficient (Wildman–Crippen LogP) is 4.52. The molecule has 0 unspecified atom stereocenters. The average molecular weight is 365 g/mol. The first-order valence-electron chi connectivity index (χ1n) is 6.93. The van der Waals surface area contributed by atoms with Crippen LogP contribution in [0.3, 0.4) is 0 Å². The maximum Gasteiger partial charge on any atom is 0.279 e. The highest BCUT2D eigenvalue weighted by atomic mass is 35.5. The van der Waals surface area contributed by atoms with Gasteiger partial charge in [0.15, 0.2) is 4.80 Å². The first kappa shape index (κ1) is 16.5. The lowest BCUT2D eigenvalue weighted by Gasteiger charge is -2.07. The van der Waals surface area contributed by atoms with Gasteiger partial charge in [-0.05, 0) is 49.4 Å². The molecule has 1 heterocycles. The third-order valence-electron chi connectivity index (χ3n) is 3.33. The first-order chi connectivity index (χ1) is 11.5. The number of carbonyl (C=O) groups excluding carboxylic acids is 1. The van der Waals surface area contributed by atoms with E-state index in [1.807, 2.05) is 12.3 Å². The number of benzene rings is 2. The summed E-state index contributed by atoms with van der Waals surface area (Å²) >= 11 is 7.11. The van der Waals surface area contributed by atoms with Gasteiger partial charge in [0.05, 0.1) is 5.02 Å². The van der Waals surface area contributed by atoms with Gasteiger partial charge in [-0.1, -0.05) is 11.6 Å². The number of hydrogen-bond acceptors (Lipinski definition) is 2. The number of carbonyl (C=O) groups is 1. The van der Waals surface area contributed by atoms with Crippen LogP contribution in [0.1, 0.15) is 16.1 Å². The molecule has 0 saturated carbocycles. The van der Waals surface area contributed by atoms with Crippen LogP contribution in [0.15, 0.2) is 52.8 Å². The van der Waals surface area contributed by atoms with E-state index in [1.54, 1.807) is 10.6 Å². The Morgan fingerprint density at radius 2 is 1.88 bits per heavy atom. The number of aromatic nitrogens is 1. The Balaban J connectivity index is 2.08. The van der Waals surface area contributed by atoms with Gasteiger partial charge in [-0.15, -0.1) is 11.3 Å². The molecule has 2 aromatic carbocycles. The topological polar surface area (TPSA) is 34.4 Å².